The fourth-order valence-electron chi connectivity index (χ4n) is 1.70. The molecule has 0 aliphatic carbocycles. The van der Waals surface area contributed by atoms with Crippen molar-refractivity contribution < 1.29 is 14.3 Å². The fourth-order valence-corrected chi connectivity index (χ4v) is 1.70. The van der Waals surface area contributed by atoms with Gasteiger partial charge >= 0.3 is 6.09 Å². The zero-order valence-electron chi connectivity index (χ0n) is 12.8. The van der Waals surface area contributed by atoms with Gasteiger partial charge in [-0.05, 0) is 45.7 Å². The predicted octanol–water partition coefficient (Wildman–Crippen LogP) is 2.54. The van der Waals surface area contributed by atoms with E-state index in [9.17, 15) is 9.59 Å². The molecule has 1 heterocycles. The topological polar surface area (TPSA) is 94.3 Å². The first-order valence-electron chi connectivity index (χ1n) is 7.00. The lowest BCUT2D eigenvalue weighted by molar-refractivity contribution is 0.0527. The fraction of sp³-hybridized carbons (Fsp3) is 0.533. The van der Waals surface area contributed by atoms with E-state index >= 15 is 0 Å². The molecule has 21 heavy (non-hydrogen) atoms. The SMILES string of the molecule is CC(C)(C)OC(=O)NCCCCC(=O)c1cccnc1N. The molecule has 6 nitrogen and oxygen atoms in total. The van der Waals surface area contributed by atoms with E-state index in [0.717, 1.165) is 0 Å². The molecule has 0 radical (unpaired) electrons. The van der Waals surface area contributed by atoms with Gasteiger partial charge in [-0.25, -0.2) is 9.78 Å². The van der Waals surface area contributed by atoms with Crippen molar-refractivity contribution in [3.63, 3.8) is 0 Å². The van der Waals surface area contributed by atoms with Crippen LogP contribution in [0.15, 0.2) is 18.3 Å². The highest BCUT2D eigenvalue weighted by molar-refractivity contribution is 5.99. The number of nitrogen functional groups attached to an aromatic ring is 1. The molecule has 0 saturated carbocycles. The number of nitrogens with zero attached hydrogens (tertiary/aromatic N) is 1. The van der Waals surface area contributed by atoms with E-state index in [1.54, 1.807) is 18.3 Å². The van der Waals surface area contributed by atoms with Gasteiger partial charge in [0.15, 0.2) is 5.78 Å². The molecule has 0 aromatic carbocycles. The number of nitrogens with one attached hydrogen (secondary N) is 1. The minimum absolute atomic E-state index is 0.0298. The van der Waals surface area contributed by atoms with E-state index in [2.05, 4.69) is 10.3 Å². The Morgan fingerprint density at radius 1 is 1.33 bits per heavy atom. The maximum atomic E-state index is 11.9. The van der Waals surface area contributed by atoms with Crippen molar-refractivity contribution in [2.45, 2.75) is 45.6 Å². The van der Waals surface area contributed by atoms with Crippen molar-refractivity contribution in [1.82, 2.24) is 10.3 Å². The minimum atomic E-state index is -0.502. The lowest BCUT2D eigenvalue weighted by atomic mass is 10.1. The van der Waals surface area contributed by atoms with Crippen LogP contribution in [0.3, 0.4) is 0 Å². The maximum Gasteiger partial charge on any atom is 0.407 e. The Hall–Kier alpha value is -2.11. The third-order valence-corrected chi connectivity index (χ3v) is 2.64. The maximum absolute atomic E-state index is 11.9. The van der Waals surface area contributed by atoms with Crippen LogP contribution < -0.4 is 11.1 Å². The average Bonchev–Trinajstić information content (AvgIpc) is 2.36. The summed E-state index contributed by atoms with van der Waals surface area (Å²) in [5.41, 5.74) is 5.60. The monoisotopic (exact) mass is 293 g/mol. The smallest absolute Gasteiger partial charge is 0.407 e. The summed E-state index contributed by atoms with van der Waals surface area (Å²) in [4.78, 5) is 27.2. The minimum Gasteiger partial charge on any atom is -0.444 e. The third-order valence-electron chi connectivity index (χ3n) is 2.64. The molecule has 6 heteroatoms. The number of carbonyl (C=O) groups is 2. The molecular weight excluding hydrogens is 270 g/mol. The molecule has 0 aliphatic heterocycles. The third kappa shape index (κ3) is 6.74. The zero-order valence-corrected chi connectivity index (χ0v) is 12.8. The zero-order chi connectivity index (χ0) is 15.9. The number of rotatable bonds is 6. The number of anilines is 1. The molecule has 0 fully saturated rings. The molecule has 1 amide bonds. The Morgan fingerprint density at radius 2 is 2.05 bits per heavy atom. The Labute approximate surface area is 125 Å². The summed E-state index contributed by atoms with van der Waals surface area (Å²) in [6, 6.07) is 3.36. The van der Waals surface area contributed by atoms with Crippen molar-refractivity contribution in [1.29, 1.82) is 0 Å². The predicted molar refractivity (Wildman–Crippen MR) is 81.1 cm³/mol. The average molecular weight is 293 g/mol. The molecule has 0 unspecified atom stereocenters. The lowest BCUT2D eigenvalue weighted by Gasteiger charge is -2.19. The Bertz CT molecular complexity index is 495. The highest BCUT2D eigenvalue weighted by atomic mass is 16.6. The number of nitrogens with two attached hydrogens (primary N) is 1. The van der Waals surface area contributed by atoms with Crippen LogP contribution in [0.5, 0.6) is 0 Å². The Balaban J connectivity index is 2.22. The van der Waals surface area contributed by atoms with Gasteiger partial charge in [-0.1, -0.05) is 0 Å². The summed E-state index contributed by atoms with van der Waals surface area (Å²) in [5, 5.41) is 2.65. The number of carbonyl (C=O) groups excluding carboxylic acids is 2. The van der Waals surface area contributed by atoms with Gasteiger partial charge in [0.25, 0.3) is 0 Å². The summed E-state index contributed by atoms with van der Waals surface area (Å²) >= 11 is 0. The van der Waals surface area contributed by atoms with Crippen LogP contribution in [-0.4, -0.2) is 29.0 Å². The number of amides is 1. The summed E-state index contributed by atoms with van der Waals surface area (Å²) in [6.45, 7) is 5.90. The standard InChI is InChI=1S/C15H23N3O3/c1-15(2,3)21-14(20)18-9-5-4-8-12(19)11-7-6-10-17-13(11)16/h6-7,10H,4-5,8-9H2,1-3H3,(H2,16,17)(H,18,20). The van der Waals surface area contributed by atoms with Crippen LogP contribution in [-0.2, 0) is 4.74 Å². The highest BCUT2D eigenvalue weighted by Gasteiger charge is 2.15. The number of unbranched alkanes of at least 4 members (excludes halogenated alkanes) is 1. The van der Waals surface area contributed by atoms with E-state index in [0.29, 0.717) is 31.4 Å². The molecule has 0 spiro atoms. The second kappa shape index (κ2) is 7.61. The number of ketones is 1. The first kappa shape index (κ1) is 16.9. The number of ether oxygens (including phenoxy) is 1. The van der Waals surface area contributed by atoms with Crippen molar-refractivity contribution in [3.05, 3.63) is 23.9 Å². The van der Waals surface area contributed by atoms with Gasteiger partial charge in [0.2, 0.25) is 0 Å². The number of aromatic nitrogens is 1. The van der Waals surface area contributed by atoms with Crippen molar-refractivity contribution >= 4 is 17.7 Å². The van der Waals surface area contributed by atoms with E-state index in [1.165, 1.54) is 0 Å². The van der Waals surface area contributed by atoms with Gasteiger partial charge in [-0.15, -0.1) is 0 Å². The summed E-state index contributed by atoms with van der Waals surface area (Å²) < 4.78 is 5.11. The Morgan fingerprint density at radius 3 is 2.67 bits per heavy atom. The van der Waals surface area contributed by atoms with Crippen LogP contribution in [0.4, 0.5) is 10.6 Å². The van der Waals surface area contributed by atoms with E-state index in [1.807, 2.05) is 20.8 Å². The van der Waals surface area contributed by atoms with Crippen LogP contribution in [0.1, 0.15) is 50.4 Å². The molecule has 0 atom stereocenters. The molecule has 1 aromatic rings. The highest BCUT2D eigenvalue weighted by Crippen LogP contribution is 2.12. The number of pyridine rings is 1. The molecule has 0 saturated heterocycles. The molecule has 0 aliphatic rings. The second-order valence-electron chi connectivity index (χ2n) is 5.75. The molecule has 1 aromatic heterocycles. The number of hydrogen-bond acceptors (Lipinski definition) is 5. The number of hydrogen-bond donors (Lipinski definition) is 2. The van der Waals surface area contributed by atoms with Gasteiger partial charge in [0.1, 0.15) is 11.4 Å². The Kier molecular flexibility index (Phi) is 6.14. The first-order chi connectivity index (χ1) is 9.79. The number of alkyl carbamates (subject to hydrolysis) is 1. The van der Waals surface area contributed by atoms with Gasteiger partial charge in [0.05, 0.1) is 5.56 Å². The van der Waals surface area contributed by atoms with E-state index in [-0.39, 0.29) is 11.6 Å². The van der Waals surface area contributed by atoms with Crippen molar-refractivity contribution in [3.8, 4) is 0 Å². The van der Waals surface area contributed by atoms with E-state index < -0.39 is 11.7 Å². The van der Waals surface area contributed by atoms with Crippen molar-refractivity contribution in [2.24, 2.45) is 0 Å². The van der Waals surface area contributed by atoms with Gasteiger partial charge in [-0.2, -0.15) is 0 Å². The molecule has 1 rings (SSSR count). The summed E-state index contributed by atoms with van der Waals surface area (Å²) in [5.74, 6) is 0.229. The molecule has 3 N–H and O–H groups in total. The van der Waals surface area contributed by atoms with Gasteiger partial charge in [-0.3, -0.25) is 4.79 Å². The van der Waals surface area contributed by atoms with Crippen molar-refractivity contribution in [2.75, 3.05) is 12.3 Å². The molecular formula is C15H23N3O3. The van der Waals surface area contributed by atoms with Crippen LogP contribution in [0, 0.1) is 0 Å². The molecule has 116 valence electrons. The first-order valence-corrected chi connectivity index (χ1v) is 7.00. The largest absolute Gasteiger partial charge is 0.444 e. The normalized spacial score (nSPS) is 11.0. The number of Topliss-reactive ketones (excluding diaryl/α,β-unsaturated/α-hetero) is 1. The van der Waals surface area contributed by atoms with Crippen LogP contribution in [0.25, 0.3) is 0 Å². The summed E-state index contributed by atoms with van der Waals surface area (Å²) in [7, 11) is 0. The molecule has 0 bridgehead atoms. The van der Waals surface area contributed by atoms with Gasteiger partial charge in [0, 0.05) is 19.2 Å². The lowest BCUT2D eigenvalue weighted by Crippen LogP contribution is -2.33. The van der Waals surface area contributed by atoms with E-state index in [4.69, 9.17) is 10.5 Å². The van der Waals surface area contributed by atoms with Crippen LogP contribution >= 0.6 is 0 Å². The quantitative estimate of drug-likeness (QED) is 0.621. The second-order valence-corrected chi connectivity index (χ2v) is 5.75. The summed E-state index contributed by atoms with van der Waals surface area (Å²) in [6.07, 6.45) is 2.86. The van der Waals surface area contributed by atoms with Gasteiger partial charge < -0.3 is 15.8 Å². The van der Waals surface area contributed by atoms with Crippen LogP contribution in [0.2, 0.25) is 0 Å².